The van der Waals surface area contributed by atoms with Crippen LogP contribution in [0.1, 0.15) is 13.8 Å². The second-order valence-corrected chi connectivity index (χ2v) is 3.79. The van der Waals surface area contributed by atoms with E-state index in [-0.39, 0.29) is 5.92 Å². The van der Waals surface area contributed by atoms with Crippen LogP contribution in [0.15, 0.2) is 30.3 Å². The van der Waals surface area contributed by atoms with Crippen LogP contribution < -0.4 is 4.74 Å². The number of carboxylic acid groups (broad SMARTS) is 1. The Labute approximate surface area is 99.0 Å². The molecule has 17 heavy (non-hydrogen) atoms. The van der Waals surface area contributed by atoms with Gasteiger partial charge in [-0.15, -0.1) is 0 Å². The smallest absolute Gasteiger partial charge is 0.478 e. The largest absolute Gasteiger partial charge is 0.514 e. The first kappa shape index (κ1) is 13.0. The Morgan fingerprint density at radius 2 is 1.76 bits per heavy atom. The van der Waals surface area contributed by atoms with Gasteiger partial charge in [0.25, 0.3) is 0 Å². The molecule has 0 heterocycles. The van der Waals surface area contributed by atoms with Crippen LogP contribution in [0, 0.1) is 5.92 Å². The molecule has 0 fully saturated rings. The van der Waals surface area contributed by atoms with Crippen molar-refractivity contribution in [1.29, 1.82) is 0 Å². The second-order valence-electron chi connectivity index (χ2n) is 3.79. The number of carbonyl (C=O) groups excluding carboxylic acids is 1. The average molecular weight is 238 g/mol. The van der Waals surface area contributed by atoms with E-state index in [1.807, 2.05) is 0 Å². The molecule has 0 saturated heterocycles. The van der Waals surface area contributed by atoms with Crippen molar-refractivity contribution in [1.82, 2.24) is 0 Å². The first-order chi connectivity index (χ1) is 8.00. The highest BCUT2D eigenvalue weighted by Gasteiger charge is 2.26. The maximum absolute atomic E-state index is 11.3. The summed E-state index contributed by atoms with van der Waals surface area (Å²) < 4.78 is 9.54. The van der Waals surface area contributed by atoms with Crippen molar-refractivity contribution in [2.45, 2.75) is 20.0 Å². The van der Waals surface area contributed by atoms with Crippen LogP contribution in [0.3, 0.4) is 0 Å². The molecule has 0 aliphatic heterocycles. The van der Waals surface area contributed by atoms with Gasteiger partial charge in [0.15, 0.2) is 0 Å². The lowest BCUT2D eigenvalue weighted by molar-refractivity contribution is -0.150. The zero-order valence-corrected chi connectivity index (χ0v) is 9.62. The third-order valence-electron chi connectivity index (χ3n) is 2.02. The van der Waals surface area contributed by atoms with E-state index in [1.165, 1.54) is 0 Å². The van der Waals surface area contributed by atoms with Gasteiger partial charge in [-0.3, -0.25) is 0 Å². The van der Waals surface area contributed by atoms with Crippen molar-refractivity contribution in [3.63, 3.8) is 0 Å². The van der Waals surface area contributed by atoms with Crippen molar-refractivity contribution in [2.75, 3.05) is 0 Å². The van der Waals surface area contributed by atoms with Gasteiger partial charge >= 0.3 is 12.1 Å². The number of para-hydroxylation sites is 1. The highest BCUT2D eigenvalue weighted by molar-refractivity contribution is 5.76. The predicted molar refractivity (Wildman–Crippen MR) is 59.8 cm³/mol. The van der Waals surface area contributed by atoms with Crippen molar-refractivity contribution in [3.8, 4) is 5.75 Å². The molecule has 0 radical (unpaired) electrons. The summed E-state index contributed by atoms with van der Waals surface area (Å²) >= 11 is 0. The number of ether oxygens (including phenoxy) is 2. The van der Waals surface area contributed by atoms with E-state index >= 15 is 0 Å². The Kier molecular flexibility index (Phi) is 4.51. The summed E-state index contributed by atoms with van der Waals surface area (Å²) in [4.78, 5) is 22.1. The van der Waals surface area contributed by atoms with Gasteiger partial charge in [0.05, 0.1) is 0 Å². The van der Waals surface area contributed by atoms with E-state index in [0.29, 0.717) is 5.75 Å². The Balaban J connectivity index is 2.57. The van der Waals surface area contributed by atoms with Crippen LogP contribution in [0.5, 0.6) is 5.75 Å². The normalized spacial score (nSPS) is 11.9. The molecule has 0 bridgehead atoms. The lowest BCUT2D eigenvalue weighted by Crippen LogP contribution is -2.32. The number of carbonyl (C=O) groups is 2. The van der Waals surface area contributed by atoms with E-state index in [9.17, 15) is 9.59 Å². The van der Waals surface area contributed by atoms with Crippen molar-refractivity contribution >= 4 is 12.1 Å². The lowest BCUT2D eigenvalue weighted by atomic mass is 10.1. The SMILES string of the molecule is CC(C)[C@H](OC(=O)Oc1ccccc1)C(=O)O. The molecule has 0 amide bonds. The van der Waals surface area contributed by atoms with E-state index in [0.717, 1.165) is 0 Å². The molecule has 0 spiro atoms. The third-order valence-corrected chi connectivity index (χ3v) is 2.02. The van der Waals surface area contributed by atoms with Crippen LogP contribution in [0.4, 0.5) is 4.79 Å². The number of rotatable bonds is 4. The van der Waals surface area contributed by atoms with Crippen molar-refractivity contribution < 1.29 is 24.2 Å². The molecule has 5 heteroatoms. The van der Waals surface area contributed by atoms with Crippen molar-refractivity contribution in [3.05, 3.63) is 30.3 Å². The summed E-state index contributed by atoms with van der Waals surface area (Å²) in [5.74, 6) is -1.20. The molecule has 0 unspecified atom stereocenters. The van der Waals surface area contributed by atoms with Gasteiger partial charge in [-0.05, 0) is 12.1 Å². The molecule has 0 aromatic heterocycles. The first-order valence-electron chi connectivity index (χ1n) is 5.17. The number of aliphatic carboxylic acids is 1. The highest BCUT2D eigenvalue weighted by Crippen LogP contribution is 2.12. The van der Waals surface area contributed by atoms with Crippen LogP contribution in [-0.2, 0) is 9.53 Å². The zero-order valence-electron chi connectivity index (χ0n) is 9.62. The number of benzene rings is 1. The molecule has 5 nitrogen and oxygen atoms in total. The Morgan fingerprint density at radius 3 is 2.24 bits per heavy atom. The molecule has 1 aromatic carbocycles. The summed E-state index contributed by atoms with van der Waals surface area (Å²) in [6, 6.07) is 8.31. The zero-order chi connectivity index (χ0) is 12.8. The molecule has 0 saturated carbocycles. The quantitative estimate of drug-likeness (QED) is 0.643. The molecular formula is C12H14O5. The summed E-state index contributed by atoms with van der Waals surface area (Å²) in [6.45, 7) is 3.29. The summed E-state index contributed by atoms with van der Waals surface area (Å²) in [5.41, 5.74) is 0. The van der Waals surface area contributed by atoms with E-state index in [2.05, 4.69) is 0 Å². The lowest BCUT2D eigenvalue weighted by Gasteiger charge is -2.16. The predicted octanol–water partition coefficient (Wildman–Crippen LogP) is 2.31. The minimum Gasteiger partial charge on any atom is -0.478 e. The Morgan fingerprint density at radius 1 is 1.18 bits per heavy atom. The van der Waals surface area contributed by atoms with Crippen LogP contribution in [0.2, 0.25) is 0 Å². The molecule has 1 N–H and O–H groups in total. The van der Waals surface area contributed by atoms with Gasteiger partial charge < -0.3 is 14.6 Å². The molecule has 1 aromatic rings. The maximum atomic E-state index is 11.3. The van der Waals surface area contributed by atoms with E-state index < -0.39 is 18.2 Å². The molecule has 0 aliphatic rings. The monoisotopic (exact) mass is 238 g/mol. The van der Waals surface area contributed by atoms with Gasteiger partial charge in [-0.25, -0.2) is 9.59 Å². The minimum absolute atomic E-state index is 0.311. The van der Waals surface area contributed by atoms with E-state index in [4.69, 9.17) is 14.6 Å². The fourth-order valence-electron chi connectivity index (χ4n) is 1.18. The van der Waals surface area contributed by atoms with Gasteiger partial charge in [0.2, 0.25) is 6.10 Å². The van der Waals surface area contributed by atoms with Gasteiger partial charge in [-0.1, -0.05) is 32.0 Å². The molecule has 92 valence electrons. The molecule has 1 rings (SSSR count). The standard InChI is InChI=1S/C12H14O5/c1-8(2)10(11(13)14)17-12(15)16-9-6-4-3-5-7-9/h3-8,10H,1-2H3,(H,13,14)/t10-/m0/s1. The maximum Gasteiger partial charge on any atom is 0.514 e. The average Bonchev–Trinajstić information content (AvgIpc) is 2.26. The number of hydrogen-bond donors (Lipinski definition) is 1. The van der Waals surface area contributed by atoms with Gasteiger partial charge in [-0.2, -0.15) is 0 Å². The summed E-state index contributed by atoms with van der Waals surface area (Å²) in [7, 11) is 0. The molecule has 1 atom stereocenters. The second kappa shape index (κ2) is 5.89. The minimum atomic E-state index is -1.20. The van der Waals surface area contributed by atoms with Crippen LogP contribution in [-0.4, -0.2) is 23.3 Å². The topological polar surface area (TPSA) is 72.8 Å². The summed E-state index contributed by atoms with van der Waals surface area (Å²) in [5, 5.41) is 8.83. The Hall–Kier alpha value is -2.04. The first-order valence-corrected chi connectivity index (χ1v) is 5.17. The van der Waals surface area contributed by atoms with Crippen LogP contribution >= 0.6 is 0 Å². The fraction of sp³-hybridized carbons (Fsp3) is 0.333. The third kappa shape index (κ3) is 4.14. The fourth-order valence-corrected chi connectivity index (χ4v) is 1.18. The Bertz CT molecular complexity index is 385. The van der Waals surface area contributed by atoms with Crippen molar-refractivity contribution in [2.24, 2.45) is 5.92 Å². The van der Waals surface area contributed by atoms with Crippen LogP contribution in [0.25, 0.3) is 0 Å². The summed E-state index contributed by atoms with van der Waals surface area (Å²) in [6.07, 6.45) is -2.22. The highest BCUT2D eigenvalue weighted by atomic mass is 16.7. The number of carboxylic acids is 1. The van der Waals surface area contributed by atoms with Gasteiger partial charge in [0.1, 0.15) is 5.75 Å². The molecule has 0 aliphatic carbocycles. The number of hydrogen-bond acceptors (Lipinski definition) is 4. The van der Waals surface area contributed by atoms with E-state index in [1.54, 1.807) is 44.2 Å². The van der Waals surface area contributed by atoms with Gasteiger partial charge in [0, 0.05) is 5.92 Å². The molecular weight excluding hydrogens is 224 g/mol.